The molecule has 0 radical (unpaired) electrons. The number of benzene rings is 2. The van der Waals surface area contributed by atoms with Crippen LogP contribution in [0.3, 0.4) is 0 Å². The number of nitrogens with zero attached hydrogens (tertiary/aromatic N) is 2. The Bertz CT molecular complexity index is 818. The van der Waals surface area contributed by atoms with Crippen LogP contribution in [0, 0.1) is 5.82 Å². The fraction of sp³-hybridized carbons (Fsp3) is 0.480. The van der Waals surface area contributed by atoms with Crippen LogP contribution in [0.25, 0.3) is 0 Å². The number of ether oxygens (including phenoxy) is 1. The van der Waals surface area contributed by atoms with E-state index in [1.165, 1.54) is 17.7 Å². The molecule has 0 bridgehead atoms. The van der Waals surface area contributed by atoms with Crippen molar-refractivity contribution in [1.29, 1.82) is 0 Å². The maximum Gasteiger partial charge on any atom is 0.251 e. The van der Waals surface area contributed by atoms with Crippen molar-refractivity contribution in [3.63, 3.8) is 0 Å². The summed E-state index contributed by atoms with van der Waals surface area (Å²) in [6, 6.07) is 14.8. The fourth-order valence-electron chi connectivity index (χ4n) is 3.98. The van der Waals surface area contributed by atoms with E-state index in [9.17, 15) is 9.18 Å². The molecule has 2 aromatic carbocycles. The van der Waals surface area contributed by atoms with Gasteiger partial charge >= 0.3 is 0 Å². The first kappa shape index (κ1) is 23.4. The number of morpholine rings is 1. The highest BCUT2D eigenvalue weighted by molar-refractivity contribution is 5.94. The lowest BCUT2D eigenvalue weighted by Crippen LogP contribution is -2.43. The zero-order valence-electron chi connectivity index (χ0n) is 18.8. The SMILES string of the molecule is CCN(Cc1ccc(C(=O)NCC(c2ccc(F)cc2)N2CCOCC2)cc1)C(C)C. The molecular formula is C25H34FN3O2. The van der Waals surface area contributed by atoms with Crippen LogP contribution >= 0.6 is 0 Å². The van der Waals surface area contributed by atoms with Crippen LogP contribution in [0.4, 0.5) is 4.39 Å². The van der Waals surface area contributed by atoms with Crippen molar-refractivity contribution in [2.75, 3.05) is 39.4 Å². The van der Waals surface area contributed by atoms with E-state index >= 15 is 0 Å². The molecule has 3 rings (SSSR count). The molecule has 1 saturated heterocycles. The van der Waals surface area contributed by atoms with E-state index < -0.39 is 0 Å². The standard InChI is InChI=1S/C25H34FN3O2/c1-4-28(19(2)3)18-20-5-7-22(8-6-20)25(30)27-17-24(29-13-15-31-16-14-29)21-9-11-23(26)12-10-21/h5-12,19,24H,4,13-18H2,1-3H3,(H,27,30). The van der Waals surface area contributed by atoms with Crippen molar-refractivity contribution in [2.24, 2.45) is 0 Å². The van der Waals surface area contributed by atoms with E-state index in [0.29, 0.717) is 31.4 Å². The second-order valence-corrected chi connectivity index (χ2v) is 8.28. The molecule has 1 N–H and O–H groups in total. The average molecular weight is 428 g/mol. The summed E-state index contributed by atoms with van der Waals surface area (Å²) in [5.74, 6) is -0.351. The molecule has 0 spiro atoms. The number of nitrogens with one attached hydrogen (secondary N) is 1. The first-order chi connectivity index (χ1) is 15.0. The van der Waals surface area contributed by atoms with Gasteiger partial charge in [0.15, 0.2) is 0 Å². The van der Waals surface area contributed by atoms with Crippen molar-refractivity contribution in [2.45, 2.75) is 39.4 Å². The van der Waals surface area contributed by atoms with Crippen LogP contribution < -0.4 is 5.32 Å². The smallest absolute Gasteiger partial charge is 0.251 e. The number of carbonyl (C=O) groups is 1. The summed E-state index contributed by atoms with van der Waals surface area (Å²) in [5.41, 5.74) is 2.84. The molecule has 1 fully saturated rings. The predicted molar refractivity (Wildman–Crippen MR) is 122 cm³/mol. The molecule has 1 unspecified atom stereocenters. The third kappa shape index (κ3) is 6.60. The Balaban J connectivity index is 1.64. The number of carbonyl (C=O) groups excluding carboxylic acids is 1. The highest BCUT2D eigenvalue weighted by Crippen LogP contribution is 2.22. The summed E-state index contributed by atoms with van der Waals surface area (Å²) in [5, 5.41) is 3.07. The lowest BCUT2D eigenvalue weighted by atomic mass is 10.0. The normalized spacial score (nSPS) is 15.9. The first-order valence-corrected chi connectivity index (χ1v) is 11.2. The van der Waals surface area contributed by atoms with Gasteiger partial charge in [-0.15, -0.1) is 0 Å². The Labute approximate surface area is 185 Å². The van der Waals surface area contributed by atoms with Crippen molar-refractivity contribution < 1.29 is 13.9 Å². The van der Waals surface area contributed by atoms with Crippen LogP contribution in [-0.2, 0) is 11.3 Å². The molecular weight excluding hydrogens is 393 g/mol. The van der Waals surface area contributed by atoms with E-state index in [1.54, 1.807) is 12.1 Å². The van der Waals surface area contributed by atoms with Crippen LogP contribution in [0.2, 0.25) is 0 Å². The third-order valence-electron chi connectivity index (χ3n) is 5.94. The zero-order valence-corrected chi connectivity index (χ0v) is 18.8. The van der Waals surface area contributed by atoms with Crippen molar-refractivity contribution in [3.05, 3.63) is 71.0 Å². The van der Waals surface area contributed by atoms with Crippen LogP contribution in [-0.4, -0.2) is 61.1 Å². The maximum absolute atomic E-state index is 13.4. The number of amides is 1. The van der Waals surface area contributed by atoms with E-state index in [2.05, 4.69) is 35.9 Å². The van der Waals surface area contributed by atoms with Crippen molar-refractivity contribution in [3.8, 4) is 0 Å². The quantitative estimate of drug-likeness (QED) is 0.660. The summed E-state index contributed by atoms with van der Waals surface area (Å²) < 4.78 is 18.9. The number of halogens is 1. The first-order valence-electron chi connectivity index (χ1n) is 11.2. The molecule has 2 aromatic rings. The van der Waals surface area contributed by atoms with Gasteiger partial charge in [-0.25, -0.2) is 4.39 Å². The minimum absolute atomic E-state index is 0.0168. The van der Waals surface area contributed by atoms with E-state index in [0.717, 1.165) is 31.7 Å². The average Bonchev–Trinajstić information content (AvgIpc) is 2.79. The molecule has 5 nitrogen and oxygen atoms in total. The zero-order chi connectivity index (χ0) is 22.2. The Morgan fingerprint density at radius 3 is 2.32 bits per heavy atom. The van der Waals surface area contributed by atoms with Gasteiger partial charge in [0.2, 0.25) is 0 Å². The maximum atomic E-state index is 13.4. The predicted octanol–water partition coefficient (Wildman–Crippen LogP) is 3.86. The summed E-state index contributed by atoms with van der Waals surface area (Å²) in [7, 11) is 0. The minimum atomic E-state index is -0.257. The van der Waals surface area contributed by atoms with Gasteiger partial charge in [-0.05, 0) is 55.8 Å². The van der Waals surface area contributed by atoms with Crippen molar-refractivity contribution >= 4 is 5.91 Å². The molecule has 0 aromatic heterocycles. The van der Waals surface area contributed by atoms with E-state index in [1.807, 2.05) is 24.3 Å². The largest absolute Gasteiger partial charge is 0.379 e. The van der Waals surface area contributed by atoms with Gasteiger partial charge in [0.1, 0.15) is 5.82 Å². The highest BCUT2D eigenvalue weighted by Gasteiger charge is 2.23. The second kappa shape index (κ2) is 11.4. The summed E-state index contributed by atoms with van der Waals surface area (Å²) in [4.78, 5) is 17.5. The van der Waals surface area contributed by atoms with Crippen LogP contribution in [0.15, 0.2) is 48.5 Å². The molecule has 6 heteroatoms. The van der Waals surface area contributed by atoms with Gasteiger partial charge in [0.25, 0.3) is 5.91 Å². The summed E-state index contributed by atoms with van der Waals surface area (Å²) in [6.45, 7) is 11.8. The van der Waals surface area contributed by atoms with Crippen LogP contribution in [0.1, 0.15) is 48.3 Å². The lowest BCUT2D eigenvalue weighted by molar-refractivity contribution is 0.0162. The van der Waals surface area contributed by atoms with Gasteiger partial charge in [-0.3, -0.25) is 14.6 Å². The molecule has 1 amide bonds. The molecule has 0 aliphatic carbocycles. The Hall–Kier alpha value is -2.28. The van der Waals surface area contributed by atoms with E-state index in [-0.39, 0.29) is 17.8 Å². The van der Waals surface area contributed by atoms with E-state index in [4.69, 9.17) is 4.74 Å². The van der Waals surface area contributed by atoms with Crippen molar-refractivity contribution in [1.82, 2.24) is 15.1 Å². The molecule has 31 heavy (non-hydrogen) atoms. The van der Waals surface area contributed by atoms with Gasteiger partial charge in [0, 0.05) is 37.8 Å². The minimum Gasteiger partial charge on any atom is -0.379 e. The Morgan fingerprint density at radius 1 is 1.10 bits per heavy atom. The second-order valence-electron chi connectivity index (χ2n) is 8.28. The van der Waals surface area contributed by atoms with Gasteiger partial charge in [-0.2, -0.15) is 0 Å². The van der Waals surface area contributed by atoms with Gasteiger partial charge < -0.3 is 10.1 Å². The molecule has 1 heterocycles. The molecule has 1 aliphatic heterocycles. The topological polar surface area (TPSA) is 44.8 Å². The van der Waals surface area contributed by atoms with Gasteiger partial charge in [-0.1, -0.05) is 31.2 Å². The Kier molecular flexibility index (Phi) is 8.58. The van der Waals surface area contributed by atoms with Gasteiger partial charge in [0.05, 0.1) is 19.3 Å². The highest BCUT2D eigenvalue weighted by atomic mass is 19.1. The third-order valence-corrected chi connectivity index (χ3v) is 5.94. The molecule has 0 saturated carbocycles. The summed E-state index contributed by atoms with van der Waals surface area (Å²) in [6.07, 6.45) is 0. The Morgan fingerprint density at radius 2 is 1.74 bits per heavy atom. The fourth-order valence-corrected chi connectivity index (χ4v) is 3.98. The number of rotatable bonds is 9. The lowest BCUT2D eigenvalue weighted by Gasteiger charge is -2.35. The number of hydrogen-bond acceptors (Lipinski definition) is 4. The molecule has 1 atom stereocenters. The number of hydrogen-bond donors (Lipinski definition) is 1. The molecule has 1 aliphatic rings. The molecule has 168 valence electrons. The monoisotopic (exact) mass is 427 g/mol. The van der Waals surface area contributed by atoms with Crippen LogP contribution in [0.5, 0.6) is 0 Å². The summed E-state index contributed by atoms with van der Waals surface area (Å²) >= 11 is 0.